The molecular formula is C21H19N5O3. The second-order valence-corrected chi connectivity index (χ2v) is 6.85. The molecule has 0 bridgehead atoms. The van der Waals surface area contributed by atoms with Crippen molar-refractivity contribution in [2.75, 3.05) is 10.6 Å². The Hall–Kier alpha value is -3.94. The summed E-state index contributed by atoms with van der Waals surface area (Å²) in [7, 11) is 0. The molecule has 29 heavy (non-hydrogen) atoms. The summed E-state index contributed by atoms with van der Waals surface area (Å²) < 4.78 is 1.62. The third kappa shape index (κ3) is 3.47. The number of amides is 1. The van der Waals surface area contributed by atoms with Crippen LogP contribution >= 0.6 is 0 Å². The molecule has 8 heteroatoms. The summed E-state index contributed by atoms with van der Waals surface area (Å²) in [6, 6.07) is 13.4. The van der Waals surface area contributed by atoms with E-state index in [-0.39, 0.29) is 11.5 Å². The Bertz CT molecular complexity index is 1130. The summed E-state index contributed by atoms with van der Waals surface area (Å²) in [4.78, 5) is 28.6. The molecule has 4 rings (SSSR count). The highest BCUT2D eigenvalue weighted by Crippen LogP contribution is 2.35. The van der Waals surface area contributed by atoms with Crippen molar-refractivity contribution < 1.29 is 14.7 Å². The minimum absolute atomic E-state index is 0.174. The predicted molar refractivity (Wildman–Crippen MR) is 108 cm³/mol. The number of aromatic nitrogens is 3. The van der Waals surface area contributed by atoms with Gasteiger partial charge in [0.1, 0.15) is 12.4 Å². The number of benzene rings is 2. The molecule has 1 atom stereocenters. The van der Waals surface area contributed by atoms with Crippen molar-refractivity contribution in [1.82, 2.24) is 14.8 Å². The van der Waals surface area contributed by atoms with Gasteiger partial charge in [-0.2, -0.15) is 10.1 Å². The second-order valence-electron chi connectivity index (χ2n) is 6.85. The minimum atomic E-state index is -1.01. The SMILES string of the molecule is CC1=C(C(=O)Nc2cccc(C)c2)C(c2ccc(C(=O)O)cc2)n2ncnc2N1. The van der Waals surface area contributed by atoms with E-state index in [0.29, 0.717) is 22.9 Å². The number of allylic oxidation sites excluding steroid dienone is 1. The zero-order valence-corrected chi connectivity index (χ0v) is 15.9. The largest absolute Gasteiger partial charge is 0.478 e. The van der Waals surface area contributed by atoms with Crippen LogP contribution in [-0.4, -0.2) is 31.7 Å². The maximum absolute atomic E-state index is 13.2. The lowest BCUT2D eigenvalue weighted by molar-refractivity contribution is -0.113. The lowest BCUT2D eigenvalue weighted by atomic mass is 9.94. The van der Waals surface area contributed by atoms with Gasteiger partial charge >= 0.3 is 5.97 Å². The molecule has 1 aliphatic rings. The molecule has 1 aromatic heterocycles. The third-order valence-electron chi connectivity index (χ3n) is 4.79. The first-order chi connectivity index (χ1) is 13.9. The molecule has 1 aliphatic heterocycles. The van der Waals surface area contributed by atoms with E-state index in [1.807, 2.05) is 38.1 Å². The zero-order chi connectivity index (χ0) is 20.5. The van der Waals surface area contributed by atoms with Crippen LogP contribution in [0.25, 0.3) is 0 Å². The number of nitrogens with one attached hydrogen (secondary N) is 2. The molecule has 3 N–H and O–H groups in total. The normalized spacial score (nSPS) is 15.4. The molecule has 1 unspecified atom stereocenters. The van der Waals surface area contributed by atoms with Gasteiger partial charge in [-0.05, 0) is 49.2 Å². The molecule has 0 radical (unpaired) electrons. The summed E-state index contributed by atoms with van der Waals surface area (Å²) in [5.41, 5.74) is 3.77. The van der Waals surface area contributed by atoms with E-state index >= 15 is 0 Å². The van der Waals surface area contributed by atoms with Crippen molar-refractivity contribution in [2.45, 2.75) is 19.9 Å². The number of carbonyl (C=O) groups is 2. The van der Waals surface area contributed by atoms with E-state index in [1.165, 1.54) is 18.5 Å². The first-order valence-electron chi connectivity index (χ1n) is 9.02. The van der Waals surface area contributed by atoms with E-state index in [4.69, 9.17) is 5.11 Å². The average molecular weight is 389 g/mol. The maximum Gasteiger partial charge on any atom is 0.335 e. The van der Waals surface area contributed by atoms with Gasteiger partial charge < -0.3 is 15.7 Å². The van der Waals surface area contributed by atoms with E-state index in [2.05, 4.69) is 20.7 Å². The van der Waals surface area contributed by atoms with Crippen LogP contribution in [0.15, 0.2) is 66.1 Å². The van der Waals surface area contributed by atoms with Crippen LogP contribution in [0, 0.1) is 6.92 Å². The molecule has 8 nitrogen and oxygen atoms in total. The molecule has 0 saturated carbocycles. The molecule has 3 aromatic rings. The molecule has 1 amide bonds. The molecular weight excluding hydrogens is 370 g/mol. The molecule has 2 heterocycles. The van der Waals surface area contributed by atoms with Gasteiger partial charge in [-0.25, -0.2) is 9.48 Å². The van der Waals surface area contributed by atoms with Gasteiger partial charge in [-0.1, -0.05) is 24.3 Å². The Kier molecular flexibility index (Phi) is 4.59. The van der Waals surface area contributed by atoms with E-state index in [1.54, 1.807) is 16.8 Å². The topological polar surface area (TPSA) is 109 Å². The van der Waals surface area contributed by atoms with Gasteiger partial charge in [0.2, 0.25) is 5.95 Å². The van der Waals surface area contributed by atoms with Crippen LogP contribution in [0.2, 0.25) is 0 Å². The number of anilines is 2. The molecule has 2 aromatic carbocycles. The number of hydrogen-bond donors (Lipinski definition) is 3. The monoisotopic (exact) mass is 389 g/mol. The number of hydrogen-bond acceptors (Lipinski definition) is 5. The second kappa shape index (κ2) is 7.23. The van der Waals surface area contributed by atoms with Gasteiger partial charge in [0.15, 0.2) is 0 Å². The zero-order valence-electron chi connectivity index (χ0n) is 15.9. The van der Waals surface area contributed by atoms with Crippen molar-refractivity contribution in [1.29, 1.82) is 0 Å². The predicted octanol–water partition coefficient (Wildman–Crippen LogP) is 3.21. The lowest BCUT2D eigenvalue weighted by Crippen LogP contribution is -2.31. The van der Waals surface area contributed by atoms with Gasteiger partial charge in [0.05, 0.1) is 11.1 Å². The Balaban J connectivity index is 1.75. The quantitative estimate of drug-likeness (QED) is 0.632. The summed E-state index contributed by atoms with van der Waals surface area (Å²) in [5.74, 6) is -0.761. The number of aryl methyl sites for hydroxylation is 1. The number of aromatic carboxylic acids is 1. The fourth-order valence-electron chi connectivity index (χ4n) is 3.42. The van der Waals surface area contributed by atoms with Crippen LogP contribution in [0.3, 0.4) is 0 Å². The molecule has 0 saturated heterocycles. The van der Waals surface area contributed by atoms with Crippen LogP contribution in [0.5, 0.6) is 0 Å². The first kappa shape index (κ1) is 18.4. The Labute approximate surface area is 166 Å². The molecule has 0 spiro atoms. The van der Waals surface area contributed by atoms with Crippen LogP contribution < -0.4 is 10.6 Å². The van der Waals surface area contributed by atoms with Gasteiger partial charge in [-0.3, -0.25) is 4.79 Å². The number of carboxylic acids is 1. The summed E-state index contributed by atoms with van der Waals surface area (Å²) >= 11 is 0. The number of carboxylic acid groups (broad SMARTS) is 1. The molecule has 0 aliphatic carbocycles. The summed E-state index contributed by atoms with van der Waals surface area (Å²) in [6.45, 7) is 3.76. The van der Waals surface area contributed by atoms with Crippen molar-refractivity contribution in [2.24, 2.45) is 0 Å². The third-order valence-corrected chi connectivity index (χ3v) is 4.79. The van der Waals surface area contributed by atoms with Crippen molar-refractivity contribution in [3.8, 4) is 0 Å². The van der Waals surface area contributed by atoms with E-state index < -0.39 is 12.0 Å². The Morgan fingerprint density at radius 1 is 1.14 bits per heavy atom. The number of rotatable bonds is 4. The fourth-order valence-corrected chi connectivity index (χ4v) is 3.42. The van der Waals surface area contributed by atoms with E-state index in [9.17, 15) is 9.59 Å². The van der Waals surface area contributed by atoms with E-state index in [0.717, 1.165) is 11.1 Å². The van der Waals surface area contributed by atoms with Crippen LogP contribution in [-0.2, 0) is 4.79 Å². The molecule has 0 fully saturated rings. The van der Waals surface area contributed by atoms with Crippen LogP contribution in [0.1, 0.15) is 34.5 Å². The highest BCUT2D eigenvalue weighted by atomic mass is 16.4. The standard InChI is InChI=1S/C21H19N5O3/c1-12-4-3-5-16(10-12)25-19(27)17-13(2)24-21-22-11-23-26(21)18(17)14-6-8-15(9-7-14)20(28)29/h3-11,18H,1-2H3,(H,25,27)(H,28,29)(H,22,23,24). The number of fused-ring (bicyclic) bond motifs is 1. The first-order valence-corrected chi connectivity index (χ1v) is 9.02. The summed E-state index contributed by atoms with van der Waals surface area (Å²) in [6.07, 6.45) is 1.41. The van der Waals surface area contributed by atoms with Gasteiger partial charge in [0.25, 0.3) is 5.91 Å². The number of nitrogens with zero attached hydrogens (tertiary/aromatic N) is 3. The minimum Gasteiger partial charge on any atom is -0.478 e. The highest BCUT2D eigenvalue weighted by molar-refractivity contribution is 6.06. The smallest absolute Gasteiger partial charge is 0.335 e. The van der Waals surface area contributed by atoms with Gasteiger partial charge in [0, 0.05) is 11.4 Å². The van der Waals surface area contributed by atoms with Crippen molar-refractivity contribution in [3.63, 3.8) is 0 Å². The molecule has 146 valence electrons. The lowest BCUT2D eigenvalue weighted by Gasteiger charge is -2.28. The summed E-state index contributed by atoms with van der Waals surface area (Å²) in [5, 5.41) is 19.5. The van der Waals surface area contributed by atoms with Gasteiger partial charge in [-0.15, -0.1) is 0 Å². The fraction of sp³-hybridized carbons (Fsp3) is 0.143. The average Bonchev–Trinajstić information content (AvgIpc) is 3.14. The van der Waals surface area contributed by atoms with Crippen LogP contribution in [0.4, 0.5) is 11.6 Å². The Morgan fingerprint density at radius 2 is 1.90 bits per heavy atom. The maximum atomic E-state index is 13.2. The highest BCUT2D eigenvalue weighted by Gasteiger charge is 2.33. The Morgan fingerprint density at radius 3 is 2.59 bits per heavy atom. The number of carbonyl (C=O) groups excluding carboxylic acids is 1. The van der Waals surface area contributed by atoms with Crippen molar-refractivity contribution in [3.05, 3.63) is 82.8 Å². The van der Waals surface area contributed by atoms with Crippen molar-refractivity contribution >= 4 is 23.5 Å².